The zero-order valence-corrected chi connectivity index (χ0v) is 12.7. The lowest BCUT2D eigenvalue weighted by molar-refractivity contribution is 0.592. The molecule has 4 nitrogen and oxygen atoms in total. The van der Waals surface area contributed by atoms with Crippen LogP contribution in [0.4, 0.5) is 15.8 Å². The third-order valence-corrected chi connectivity index (χ3v) is 5.11. The van der Waals surface area contributed by atoms with Crippen LogP contribution in [-0.4, -0.2) is 15.0 Å². The maximum Gasteiger partial charge on any atom is 0.266 e. The number of aryl methyl sites for hydroxylation is 1. The number of rotatable bonds is 4. The lowest BCUT2D eigenvalue weighted by Crippen LogP contribution is -2.31. The third kappa shape index (κ3) is 3.00. The molecule has 0 bridgehead atoms. The summed E-state index contributed by atoms with van der Waals surface area (Å²) in [5.41, 5.74) is 7.33. The van der Waals surface area contributed by atoms with Crippen LogP contribution < -0.4 is 10.0 Å². The van der Waals surface area contributed by atoms with Gasteiger partial charge in [-0.05, 0) is 55.8 Å². The van der Waals surface area contributed by atoms with Gasteiger partial charge >= 0.3 is 0 Å². The number of sulfonamides is 1. The Morgan fingerprint density at radius 2 is 1.76 bits per heavy atom. The molecule has 0 fully saturated rings. The molecule has 0 amide bonds. The van der Waals surface area contributed by atoms with Gasteiger partial charge in [-0.1, -0.05) is 6.07 Å². The third-order valence-electron chi connectivity index (χ3n) is 3.14. The van der Waals surface area contributed by atoms with Crippen molar-refractivity contribution < 1.29 is 12.8 Å². The van der Waals surface area contributed by atoms with E-state index in [1.165, 1.54) is 34.6 Å². The van der Waals surface area contributed by atoms with Gasteiger partial charge in [0.05, 0.1) is 11.4 Å². The van der Waals surface area contributed by atoms with Crippen LogP contribution in [0.2, 0.25) is 0 Å². The van der Waals surface area contributed by atoms with Gasteiger partial charge in [-0.15, -0.1) is 0 Å². The number of anilines is 2. The molecule has 2 rings (SSSR count). The summed E-state index contributed by atoms with van der Waals surface area (Å²) in [6.45, 7) is 3.77. The quantitative estimate of drug-likeness (QED) is 0.883. The zero-order valence-electron chi connectivity index (χ0n) is 11.9. The summed E-state index contributed by atoms with van der Waals surface area (Å²) in [6.07, 6.45) is 0. The standard InChI is InChI=1S/C15H17FN2O2S/c1-3-18(13-7-5-12(16)6-8-13)21(19,20)15-9-4-11(2)10-14(15)17/h4-10H,3,17H2,1-2H3. The highest BCUT2D eigenvalue weighted by molar-refractivity contribution is 7.93. The molecule has 6 heteroatoms. The summed E-state index contributed by atoms with van der Waals surface area (Å²) in [5, 5.41) is 0. The second-order valence-corrected chi connectivity index (χ2v) is 6.52. The number of benzene rings is 2. The van der Waals surface area contributed by atoms with Gasteiger partial charge < -0.3 is 5.73 Å². The van der Waals surface area contributed by atoms with E-state index in [1.807, 2.05) is 6.92 Å². The normalized spacial score (nSPS) is 11.4. The molecule has 0 aliphatic rings. The van der Waals surface area contributed by atoms with Crippen LogP contribution in [0.15, 0.2) is 47.4 Å². The predicted octanol–water partition coefficient (Wildman–Crippen LogP) is 2.93. The first-order valence-electron chi connectivity index (χ1n) is 6.50. The van der Waals surface area contributed by atoms with E-state index < -0.39 is 15.8 Å². The Labute approximate surface area is 124 Å². The fourth-order valence-corrected chi connectivity index (χ4v) is 3.69. The molecular formula is C15H17FN2O2S. The van der Waals surface area contributed by atoms with Gasteiger partial charge in [-0.2, -0.15) is 0 Å². The minimum atomic E-state index is -3.78. The van der Waals surface area contributed by atoms with Crippen molar-refractivity contribution in [3.8, 4) is 0 Å². The van der Waals surface area contributed by atoms with Crippen molar-refractivity contribution in [2.75, 3.05) is 16.6 Å². The number of hydrogen-bond donors (Lipinski definition) is 1. The van der Waals surface area contributed by atoms with Crippen molar-refractivity contribution in [2.45, 2.75) is 18.7 Å². The Balaban J connectivity index is 2.51. The largest absolute Gasteiger partial charge is 0.398 e. The molecule has 2 N–H and O–H groups in total. The van der Waals surface area contributed by atoms with Gasteiger partial charge in [0.25, 0.3) is 10.0 Å². The maximum absolute atomic E-state index is 13.0. The Hall–Kier alpha value is -2.08. The van der Waals surface area contributed by atoms with E-state index in [0.717, 1.165) is 5.56 Å². The first kappa shape index (κ1) is 15.3. The Morgan fingerprint density at radius 1 is 1.14 bits per heavy atom. The van der Waals surface area contributed by atoms with Gasteiger partial charge in [0, 0.05) is 6.54 Å². The van der Waals surface area contributed by atoms with Crippen LogP contribution in [0.1, 0.15) is 12.5 Å². The number of nitrogens with two attached hydrogens (primary N) is 1. The van der Waals surface area contributed by atoms with E-state index in [2.05, 4.69) is 0 Å². The SMILES string of the molecule is CCN(c1ccc(F)cc1)S(=O)(=O)c1ccc(C)cc1N. The Morgan fingerprint density at radius 3 is 2.29 bits per heavy atom. The van der Waals surface area contributed by atoms with Crippen molar-refractivity contribution in [3.05, 3.63) is 53.8 Å². The summed E-state index contributed by atoms with van der Waals surface area (Å²) in [5.74, 6) is -0.415. The van der Waals surface area contributed by atoms with Crippen molar-refractivity contribution in [1.82, 2.24) is 0 Å². The van der Waals surface area contributed by atoms with Gasteiger partial charge in [0.15, 0.2) is 0 Å². The van der Waals surface area contributed by atoms with E-state index >= 15 is 0 Å². The van der Waals surface area contributed by atoms with Crippen LogP contribution in [0.5, 0.6) is 0 Å². The summed E-state index contributed by atoms with van der Waals surface area (Å²) in [7, 11) is -3.78. The number of halogens is 1. The molecule has 21 heavy (non-hydrogen) atoms. The van der Waals surface area contributed by atoms with Gasteiger partial charge in [-0.3, -0.25) is 4.31 Å². The van der Waals surface area contributed by atoms with Gasteiger partial charge in [0.1, 0.15) is 10.7 Å². The first-order valence-corrected chi connectivity index (χ1v) is 7.94. The smallest absolute Gasteiger partial charge is 0.266 e. The molecule has 2 aromatic carbocycles. The first-order chi connectivity index (χ1) is 9.86. The van der Waals surface area contributed by atoms with Crippen LogP contribution in [0, 0.1) is 12.7 Å². The predicted molar refractivity (Wildman–Crippen MR) is 82.2 cm³/mol. The second kappa shape index (κ2) is 5.73. The topological polar surface area (TPSA) is 63.4 Å². The average molecular weight is 308 g/mol. The Bertz CT molecular complexity index is 743. The van der Waals surface area contributed by atoms with Crippen molar-refractivity contribution in [2.24, 2.45) is 0 Å². The lowest BCUT2D eigenvalue weighted by atomic mass is 10.2. The molecule has 0 heterocycles. The monoisotopic (exact) mass is 308 g/mol. The molecule has 0 aromatic heterocycles. The van der Waals surface area contributed by atoms with Crippen molar-refractivity contribution >= 4 is 21.4 Å². The fraction of sp³-hybridized carbons (Fsp3) is 0.200. The second-order valence-electron chi connectivity index (χ2n) is 4.69. The highest BCUT2D eigenvalue weighted by Crippen LogP contribution is 2.27. The average Bonchev–Trinajstić information content (AvgIpc) is 2.41. The zero-order chi connectivity index (χ0) is 15.6. The van der Waals surface area contributed by atoms with Crippen molar-refractivity contribution in [3.63, 3.8) is 0 Å². The van der Waals surface area contributed by atoms with Gasteiger partial charge in [-0.25, -0.2) is 12.8 Å². The summed E-state index contributed by atoms with van der Waals surface area (Å²) < 4.78 is 39.7. The molecule has 0 aliphatic carbocycles. The molecule has 0 unspecified atom stereocenters. The minimum absolute atomic E-state index is 0.0549. The van der Waals surface area contributed by atoms with E-state index in [9.17, 15) is 12.8 Å². The molecule has 0 atom stereocenters. The molecule has 0 saturated heterocycles. The highest BCUT2D eigenvalue weighted by Gasteiger charge is 2.25. The minimum Gasteiger partial charge on any atom is -0.398 e. The highest BCUT2D eigenvalue weighted by atomic mass is 32.2. The van der Waals surface area contributed by atoms with Crippen LogP contribution >= 0.6 is 0 Å². The van der Waals surface area contributed by atoms with Gasteiger partial charge in [0.2, 0.25) is 0 Å². The molecule has 0 radical (unpaired) electrons. The van der Waals surface area contributed by atoms with Crippen molar-refractivity contribution in [1.29, 1.82) is 0 Å². The van der Waals surface area contributed by atoms with Crippen LogP contribution in [0.25, 0.3) is 0 Å². The summed E-state index contributed by atoms with van der Waals surface area (Å²) in [6, 6.07) is 10.1. The molecule has 2 aromatic rings. The number of nitrogens with zero attached hydrogens (tertiary/aromatic N) is 1. The summed E-state index contributed by atoms with van der Waals surface area (Å²) in [4.78, 5) is 0.0549. The fourth-order valence-electron chi connectivity index (χ4n) is 2.12. The molecule has 112 valence electrons. The number of nitrogen functional groups attached to an aromatic ring is 1. The summed E-state index contributed by atoms with van der Waals surface area (Å²) >= 11 is 0. The maximum atomic E-state index is 13.0. The molecular weight excluding hydrogens is 291 g/mol. The molecule has 0 saturated carbocycles. The number of hydrogen-bond acceptors (Lipinski definition) is 3. The van der Waals surface area contributed by atoms with Crippen LogP contribution in [-0.2, 0) is 10.0 Å². The van der Waals surface area contributed by atoms with Crippen LogP contribution in [0.3, 0.4) is 0 Å². The van der Waals surface area contributed by atoms with E-state index in [0.29, 0.717) is 5.69 Å². The van der Waals surface area contributed by atoms with E-state index in [1.54, 1.807) is 19.1 Å². The van der Waals surface area contributed by atoms with E-state index in [-0.39, 0.29) is 17.1 Å². The molecule has 0 spiro atoms. The Kier molecular flexibility index (Phi) is 4.18. The lowest BCUT2D eigenvalue weighted by Gasteiger charge is -2.23. The molecule has 0 aliphatic heterocycles. The van der Waals surface area contributed by atoms with E-state index in [4.69, 9.17) is 5.73 Å².